The van der Waals surface area contributed by atoms with Crippen molar-refractivity contribution in [1.29, 1.82) is 0 Å². The first-order chi connectivity index (χ1) is 15.5. The van der Waals surface area contributed by atoms with E-state index in [-0.39, 0.29) is 12.5 Å². The van der Waals surface area contributed by atoms with Crippen molar-refractivity contribution in [3.8, 4) is 0 Å². The van der Waals surface area contributed by atoms with Gasteiger partial charge in [-0.3, -0.25) is 19.6 Å². The number of nitrogens with zero attached hydrogens (tertiary/aromatic N) is 2. The molecule has 0 aliphatic carbocycles. The van der Waals surface area contributed by atoms with Crippen LogP contribution in [0.2, 0.25) is 0 Å². The summed E-state index contributed by atoms with van der Waals surface area (Å²) in [5, 5.41) is 8.73. The van der Waals surface area contributed by atoms with Crippen LogP contribution in [-0.2, 0) is 17.8 Å². The minimum Gasteiger partial charge on any atom is -0.341 e. The number of rotatable bonds is 9. The van der Waals surface area contributed by atoms with Crippen LogP contribution in [0.4, 0.5) is 5.69 Å². The maximum atomic E-state index is 13.1. The zero-order valence-electron chi connectivity index (χ0n) is 17.8. The zero-order valence-corrected chi connectivity index (χ0v) is 17.8. The molecular weight excluding hydrogens is 406 g/mol. The molecule has 0 unspecified atom stereocenters. The quantitative estimate of drug-likeness (QED) is 0.309. The van der Waals surface area contributed by atoms with Gasteiger partial charge in [0.2, 0.25) is 6.41 Å². The monoisotopic (exact) mass is 431 g/mol. The summed E-state index contributed by atoms with van der Waals surface area (Å²) in [4.78, 5) is 39.6. The Bertz CT molecular complexity index is 1070. The number of hydroxylamine groups is 1. The number of nitrogens with one attached hydrogen (secondary N) is 1. The lowest BCUT2D eigenvalue weighted by atomic mass is 10.1. The third-order valence-corrected chi connectivity index (χ3v) is 5.17. The lowest BCUT2D eigenvalue weighted by molar-refractivity contribution is -0.107. The molecule has 0 saturated heterocycles. The van der Waals surface area contributed by atoms with Crippen LogP contribution < -0.4 is 10.4 Å². The van der Waals surface area contributed by atoms with Crippen LogP contribution in [0.25, 0.3) is 0 Å². The van der Waals surface area contributed by atoms with Crippen molar-refractivity contribution in [1.82, 2.24) is 10.4 Å². The van der Waals surface area contributed by atoms with Gasteiger partial charge in [-0.25, -0.2) is 5.48 Å². The molecule has 3 aromatic carbocycles. The van der Waals surface area contributed by atoms with E-state index in [1.165, 1.54) is 4.90 Å². The van der Waals surface area contributed by atoms with E-state index in [0.717, 1.165) is 17.5 Å². The molecule has 0 fully saturated rings. The Morgan fingerprint density at radius 1 is 0.906 bits per heavy atom. The number of anilines is 1. The van der Waals surface area contributed by atoms with Crippen LogP contribution in [0.5, 0.6) is 0 Å². The lowest BCUT2D eigenvalue weighted by Gasteiger charge is -2.24. The van der Waals surface area contributed by atoms with Gasteiger partial charge in [0.05, 0.1) is 17.8 Å². The van der Waals surface area contributed by atoms with Gasteiger partial charge in [-0.2, -0.15) is 0 Å². The summed E-state index contributed by atoms with van der Waals surface area (Å²) in [6, 6.07) is 23.4. The molecule has 7 heteroatoms. The van der Waals surface area contributed by atoms with Crippen LogP contribution in [0.1, 0.15) is 31.8 Å². The summed E-state index contributed by atoms with van der Waals surface area (Å²) in [5.41, 5.74) is 4.74. The molecule has 3 amide bonds. The summed E-state index contributed by atoms with van der Waals surface area (Å²) < 4.78 is 0. The third kappa shape index (κ3) is 5.59. The molecule has 2 N–H and O–H groups in total. The van der Waals surface area contributed by atoms with E-state index in [2.05, 4.69) is 0 Å². The lowest BCUT2D eigenvalue weighted by Crippen LogP contribution is -2.31. The fourth-order valence-electron chi connectivity index (χ4n) is 3.36. The molecule has 0 aromatic heterocycles. The Kier molecular flexibility index (Phi) is 7.72. The molecule has 7 nitrogen and oxygen atoms in total. The molecule has 0 spiro atoms. The van der Waals surface area contributed by atoms with E-state index >= 15 is 0 Å². The average molecular weight is 431 g/mol. The first-order valence-electron chi connectivity index (χ1n) is 10.2. The zero-order chi connectivity index (χ0) is 22.9. The van der Waals surface area contributed by atoms with Crippen molar-refractivity contribution in [3.05, 3.63) is 101 Å². The number of benzene rings is 3. The molecule has 3 rings (SSSR count). The van der Waals surface area contributed by atoms with Gasteiger partial charge in [-0.05, 0) is 41.8 Å². The third-order valence-electron chi connectivity index (χ3n) is 5.17. The van der Waals surface area contributed by atoms with Crippen LogP contribution in [0.15, 0.2) is 78.9 Å². The molecular formula is C25H25N3O4. The normalized spacial score (nSPS) is 10.3. The second kappa shape index (κ2) is 10.9. The molecule has 32 heavy (non-hydrogen) atoms. The van der Waals surface area contributed by atoms with Gasteiger partial charge < -0.3 is 9.80 Å². The maximum absolute atomic E-state index is 13.1. The predicted molar refractivity (Wildman–Crippen MR) is 121 cm³/mol. The van der Waals surface area contributed by atoms with Crippen molar-refractivity contribution in [3.63, 3.8) is 0 Å². The van der Waals surface area contributed by atoms with E-state index in [1.807, 2.05) is 30.3 Å². The number of para-hydroxylation sites is 1. The topological polar surface area (TPSA) is 90.0 Å². The number of carbonyl (C=O) groups excluding carboxylic acids is 3. The number of hydrogen-bond acceptors (Lipinski definition) is 4. The largest absolute Gasteiger partial charge is 0.341 e. The van der Waals surface area contributed by atoms with Gasteiger partial charge in [0.15, 0.2) is 0 Å². The molecule has 0 heterocycles. The fourth-order valence-corrected chi connectivity index (χ4v) is 3.36. The summed E-state index contributed by atoms with van der Waals surface area (Å²) in [7, 11) is 1.75. The highest BCUT2D eigenvalue weighted by molar-refractivity contribution is 6.01. The molecule has 3 aromatic rings. The SMILES string of the molecule is CN(CCc1ccccc1)C(=O)c1ccccc1N(C=O)Cc1ccc(C(=O)NO)cc1. The van der Waals surface area contributed by atoms with Gasteiger partial charge in [0.1, 0.15) is 0 Å². The van der Waals surface area contributed by atoms with Gasteiger partial charge in [-0.1, -0.05) is 54.6 Å². The van der Waals surface area contributed by atoms with Gasteiger partial charge >= 0.3 is 0 Å². The van der Waals surface area contributed by atoms with E-state index in [9.17, 15) is 14.4 Å². The van der Waals surface area contributed by atoms with Crippen molar-refractivity contribution in [2.45, 2.75) is 13.0 Å². The summed E-state index contributed by atoms with van der Waals surface area (Å²) in [5.74, 6) is -0.781. The number of hydrogen-bond donors (Lipinski definition) is 2. The number of likely N-dealkylation sites (N-methyl/N-ethyl adjacent to an activating group) is 1. The highest BCUT2D eigenvalue weighted by Crippen LogP contribution is 2.23. The molecule has 164 valence electrons. The van der Waals surface area contributed by atoms with Crippen LogP contribution in [0, 0.1) is 0 Å². The van der Waals surface area contributed by atoms with Crippen LogP contribution in [-0.4, -0.2) is 41.9 Å². The first kappa shape index (κ1) is 22.7. The van der Waals surface area contributed by atoms with Gasteiger partial charge in [-0.15, -0.1) is 0 Å². The van der Waals surface area contributed by atoms with Gasteiger partial charge in [0, 0.05) is 19.2 Å². The first-order valence-corrected chi connectivity index (χ1v) is 10.2. The Balaban J connectivity index is 1.75. The number of carbonyl (C=O) groups is 3. The maximum Gasteiger partial charge on any atom is 0.274 e. The van der Waals surface area contributed by atoms with Crippen molar-refractivity contribution < 1.29 is 19.6 Å². The van der Waals surface area contributed by atoms with E-state index in [1.54, 1.807) is 66.0 Å². The Labute approximate surface area is 186 Å². The van der Waals surface area contributed by atoms with E-state index in [4.69, 9.17) is 5.21 Å². The minimum absolute atomic E-state index is 0.168. The van der Waals surface area contributed by atoms with E-state index in [0.29, 0.717) is 29.8 Å². The highest BCUT2D eigenvalue weighted by atomic mass is 16.5. The highest BCUT2D eigenvalue weighted by Gasteiger charge is 2.19. The van der Waals surface area contributed by atoms with Crippen LogP contribution in [0.3, 0.4) is 0 Å². The smallest absolute Gasteiger partial charge is 0.274 e. The summed E-state index contributed by atoms with van der Waals surface area (Å²) in [6.45, 7) is 0.773. The molecule has 0 aliphatic rings. The van der Waals surface area contributed by atoms with Crippen molar-refractivity contribution in [2.24, 2.45) is 0 Å². The molecule has 0 saturated carbocycles. The standard InChI is InChI=1S/C25H25N3O4/c1-27(16-15-19-7-3-2-4-8-19)25(31)22-9-5-6-10-23(22)28(18-29)17-20-11-13-21(14-12-20)24(30)26-32/h2-14,18,32H,15-17H2,1H3,(H,26,30). The van der Waals surface area contributed by atoms with Crippen molar-refractivity contribution >= 4 is 23.9 Å². The van der Waals surface area contributed by atoms with Crippen molar-refractivity contribution in [2.75, 3.05) is 18.5 Å². The number of amides is 3. The second-order valence-electron chi connectivity index (χ2n) is 7.35. The molecule has 0 aliphatic heterocycles. The average Bonchev–Trinajstić information content (AvgIpc) is 2.86. The predicted octanol–water partition coefficient (Wildman–Crippen LogP) is 3.28. The molecule has 0 radical (unpaired) electrons. The Morgan fingerprint density at radius 2 is 1.56 bits per heavy atom. The van der Waals surface area contributed by atoms with E-state index < -0.39 is 5.91 Å². The fraction of sp³-hybridized carbons (Fsp3) is 0.160. The molecule has 0 bridgehead atoms. The van der Waals surface area contributed by atoms with Gasteiger partial charge in [0.25, 0.3) is 11.8 Å². The Morgan fingerprint density at radius 3 is 2.22 bits per heavy atom. The Hall–Kier alpha value is -3.97. The second-order valence-corrected chi connectivity index (χ2v) is 7.35. The summed E-state index contributed by atoms with van der Waals surface area (Å²) >= 11 is 0. The van der Waals surface area contributed by atoms with Crippen LogP contribution >= 0.6 is 0 Å². The minimum atomic E-state index is -0.613. The summed E-state index contributed by atoms with van der Waals surface area (Å²) in [6.07, 6.45) is 1.42. The molecule has 0 atom stereocenters.